The maximum Gasteiger partial charge on any atom is 0.348 e. The van der Waals surface area contributed by atoms with E-state index in [1.165, 1.54) is 42.5 Å². The Kier molecular flexibility index (Phi) is 5.79. The van der Waals surface area contributed by atoms with Gasteiger partial charge in [-0.3, -0.25) is 10.1 Å². The molecule has 2 aromatic carbocycles. The molecule has 0 radical (unpaired) electrons. The molecule has 130 valence electrons. The van der Waals surface area contributed by atoms with Crippen LogP contribution in [0.15, 0.2) is 54.1 Å². The van der Waals surface area contributed by atoms with Gasteiger partial charge in [-0.1, -0.05) is 12.1 Å². The fourth-order valence-corrected chi connectivity index (χ4v) is 1.97. The van der Waals surface area contributed by atoms with Crippen LogP contribution < -0.4 is 4.74 Å². The summed E-state index contributed by atoms with van der Waals surface area (Å²) in [5.74, 6) is -1.29. The first-order chi connectivity index (χ1) is 12.4. The summed E-state index contributed by atoms with van der Waals surface area (Å²) >= 11 is 0. The highest BCUT2D eigenvalue weighted by Crippen LogP contribution is 2.19. The SMILES string of the molecule is COC(=O)C(C#N)=Cc1cccc(OC(=O)c2ccc([N+](=O)[O-])cc2)c1. The molecule has 0 heterocycles. The van der Waals surface area contributed by atoms with Crippen molar-refractivity contribution in [2.24, 2.45) is 0 Å². The van der Waals surface area contributed by atoms with E-state index < -0.39 is 16.9 Å². The molecule has 0 N–H and O–H groups in total. The van der Waals surface area contributed by atoms with Gasteiger partial charge in [0.05, 0.1) is 17.6 Å². The Balaban J connectivity index is 2.19. The lowest BCUT2D eigenvalue weighted by molar-refractivity contribution is -0.384. The first-order valence-corrected chi connectivity index (χ1v) is 7.21. The second-order valence-electron chi connectivity index (χ2n) is 4.93. The molecule has 0 aliphatic heterocycles. The van der Waals surface area contributed by atoms with Crippen LogP contribution in [0.3, 0.4) is 0 Å². The van der Waals surface area contributed by atoms with Crippen LogP contribution in [0.5, 0.6) is 5.75 Å². The van der Waals surface area contributed by atoms with Crippen molar-refractivity contribution in [3.05, 3.63) is 75.3 Å². The number of rotatable bonds is 5. The van der Waals surface area contributed by atoms with E-state index in [-0.39, 0.29) is 22.6 Å². The summed E-state index contributed by atoms with van der Waals surface area (Å²) in [4.78, 5) is 33.6. The summed E-state index contributed by atoms with van der Waals surface area (Å²) in [5.41, 5.74) is 0.261. The van der Waals surface area contributed by atoms with Crippen molar-refractivity contribution in [2.45, 2.75) is 0 Å². The minimum Gasteiger partial charge on any atom is -0.465 e. The van der Waals surface area contributed by atoms with Gasteiger partial charge in [0.25, 0.3) is 5.69 Å². The largest absolute Gasteiger partial charge is 0.465 e. The Labute approximate surface area is 148 Å². The highest BCUT2D eigenvalue weighted by molar-refractivity contribution is 5.98. The average Bonchev–Trinajstić information content (AvgIpc) is 2.65. The lowest BCUT2D eigenvalue weighted by atomic mass is 10.1. The number of esters is 2. The lowest BCUT2D eigenvalue weighted by Gasteiger charge is -2.05. The number of ether oxygens (including phenoxy) is 2. The van der Waals surface area contributed by atoms with E-state index >= 15 is 0 Å². The topological polar surface area (TPSA) is 120 Å². The molecule has 26 heavy (non-hydrogen) atoms. The molecule has 8 nitrogen and oxygen atoms in total. The van der Waals surface area contributed by atoms with E-state index in [2.05, 4.69) is 4.74 Å². The number of hydrogen-bond acceptors (Lipinski definition) is 7. The van der Waals surface area contributed by atoms with Crippen LogP contribution in [-0.4, -0.2) is 24.0 Å². The molecule has 0 atom stereocenters. The molecule has 0 saturated carbocycles. The van der Waals surface area contributed by atoms with Gasteiger partial charge < -0.3 is 9.47 Å². The van der Waals surface area contributed by atoms with E-state index in [0.29, 0.717) is 5.56 Å². The summed E-state index contributed by atoms with van der Waals surface area (Å²) in [5, 5.41) is 19.6. The van der Waals surface area contributed by atoms with Crippen molar-refractivity contribution in [1.29, 1.82) is 5.26 Å². The van der Waals surface area contributed by atoms with E-state index in [1.54, 1.807) is 18.2 Å². The summed E-state index contributed by atoms with van der Waals surface area (Å²) in [6, 6.07) is 12.9. The summed E-state index contributed by atoms with van der Waals surface area (Å²) in [6.45, 7) is 0. The highest BCUT2D eigenvalue weighted by atomic mass is 16.6. The van der Waals surface area contributed by atoms with Gasteiger partial charge in [0.1, 0.15) is 17.4 Å². The van der Waals surface area contributed by atoms with Crippen LogP contribution in [0.1, 0.15) is 15.9 Å². The number of nitro benzene ring substituents is 1. The number of hydrogen-bond donors (Lipinski definition) is 0. The number of nitriles is 1. The molecule has 2 aromatic rings. The van der Waals surface area contributed by atoms with E-state index in [4.69, 9.17) is 10.00 Å². The van der Waals surface area contributed by atoms with Crippen LogP contribution in [0.4, 0.5) is 5.69 Å². The van der Waals surface area contributed by atoms with Crippen molar-refractivity contribution >= 4 is 23.7 Å². The second-order valence-corrected chi connectivity index (χ2v) is 4.93. The standard InChI is InChI=1S/C18H12N2O6/c1-25-17(21)14(11-19)9-12-3-2-4-16(10-12)26-18(22)13-5-7-15(8-6-13)20(23)24/h2-10H,1H3. The molecular formula is C18H12N2O6. The van der Waals surface area contributed by atoms with Gasteiger partial charge in [-0.05, 0) is 35.9 Å². The Morgan fingerprint density at radius 2 is 1.88 bits per heavy atom. The van der Waals surface area contributed by atoms with Crippen molar-refractivity contribution in [3.63, 3.8) is 0 Å². The summed E-state index contributed by atoms with van der Waals surface area (Å²) in [7, 11) is 1.16. The number of methoxy groups -OCH3 is 1. The van der Waals surface area contributed by atoms with Crippen molar-refractivity contribution < 1.29 is 24.0 Å². The van der Waals surface area contributed by atoms with Crippen LogP contribution >= 0.6 is 0 Å². The minimum atomic E-state index is -0.777. The van der Waals surface area contributed by atoms with Crippen LogP contribution in [0, 0.1) is 21.4 Å². The van der Waals surface area contributed by atoms with Gasteiger partial charge in [-0.2, -0.15) is 5.26 Å². The molecule has 0 aliphatic carbocycles. The third-order valence-electron chi connectivity index (χ3n) is 3.22. The summed E-state index contributed by atoms with van der Waals surface area (Å²) in [6.07, 6.45) is 1.30. The molecule has 2 rings (SSSR count). The van der Waals surface area contributed by atoms with E-state index in [9.17, 15) is 19.7 Å². The minimum absolute atomic E-state index is 0.138. The molecule has 0 aromatic heterocycles. The van der Waals surface area contributed by atoms with Crippen molar-refractivity contribution in [3.8, 4) is 11.8 Å². The molecular weight excluding hydrogens is 340 g/mol. The zero-order valence-electron chi connectivity index (χ0n) is 13.5. The molecule has 0 bridgehead atoms. The Hall–Kier alpha value is -3.99. The second kappa shape index (κ2) is 8.21. The zero-order valence-corrected chi connectivity index (χ0v) is 13.5. The van der Waals surface area contributed by atoms with Crippen molar-refractivity contribution in [2.75, 3.05) is 7.11 Å². The molecule has 0 unspecified atom stereocenters. The fraction of sp³-hybridized carbons (Fsp3) is 0.0556. The third kappa shape index (κ3) is 4.52. The normalized spacial score (nSPS) is 10.5. The highest BCUT2D eigenvalue weighted by Gasteiger charge is 2.12. The Morgan fingerprint density at radius 1 is 1.19 bits per heavy atom. The number of benzene rings is 2. The molecule has 0 fully saturated rings. The number of carbonyl (C=O) groups is 2. The van der Waals surface area contributed by atoms with Gasteiger partial charge in [-0.15, -0.1) is 0 Å². The van der Waals surface area contributed by atoms with E-state index in [1.807, 2.05) is 0 Å². The maximum atomic E-state index is 12.1. The number of non-ortho nitro benzene ring substituents is 1. The summed E-state index contributed by atoms with van der Waals surface area (Å²) < 4.78 is 9.70. The average molecular weight is 352 g/mol. The molecule has 8 heteroatoms. The number of nitro groups is 1. The monoisotopic (exact) mass is 352 g/mol. The lowest BCUT2D eigenvalue weighted by Crippen LogP contribution is -2.08. The fourth-order valence-electron chi connectivity index (χ4n) is 1.97. The molecule has 0 spiro atoms. The molecule has 0 saturated heterocycles. The molecule has 0 aliphatic rings. The number of carbonyl (C=O) groups excluding carboxylic acids is 2. The van der Waals surface area contributed by atoms with E-state index in [0.717, 1.165) is 7.11 Å². The van der Waals surface area contributed by atoms with Gasteiger partial charge in [0, 0.05) is 12.1 Å². The van der Waals surface area contributed by atoms with Crippen LogP contribution in [0.25, 0.3) is 6.08 Å². The van der Waals surface area contributed by atoms with Crippen molar-refractivity contribution in [1.82, 2.24) is 0 Å². The van der Waals surface area contributed by atoms with Gasteiger partial charge in [-0.25, -0.2) is 9.59 Å². The first-order valence-electron chi connectivity index (χ1n) is 7.21. The van der Waals surface area contributed by atoms with Crippen LogP contribution in [-0.2, 0) is 9.53 Å². The van der Waals surface area contributed by atoms with Gasteiger partial charge >= 0.3 is 11.9 Å². The zero-order chi connectivity index (χ0) is 19.1. The maximum absolute atomic E-state index is 12.1. The van der Waals surface area contributed by atoms with Crippen LogP contribution in [0.2, 0.25) is 0 Å². The predicted octanol–water partition coefficient (Wildman–Crippen LogP) is 2.89. The van der Waals surface area contributed by atoms with Gasteiger partial charge in [0.15, 0.2) is 0 Å². The number of nitrogens with zero attached hydrogens (tertiary/aromatic N) is 2. The third-order valence-corrected chi connectivity index (χ3v) is 3.22. The predicted molar refractivity (Wildman–Crippen MR) is 90.1 cm³/mol. The Morgan fingerprint density at radius 3 is 2.46 bits per heavy atom. The smallest absolute Gasteiger partial charge is 0.348 e. The molecule has 0 amide bonds. The quantitative estimate of drug-likeness (QED) is 0.203. The Bertz CT molecular complexity index is 925. The first kappa shape index (κ1) is 18.4. The van der Waals surface area contributed by atoms with Gasteiger partial charge in [0.2, 0.25) is 0 Å².